The van der Waals surface area contributed by atoms with Crippen LogP contribution in [-0.2, 0) is 14.8 Å². The van der Waals surface area contributed by atoms with Gasteiger partial charge < -0.3 is 9.64 Å². The number of methoxy groups -OCH3 is 1. The Labute approximate surface area is 125 Å². The predicted molar refractivity (Wildman–Crippen MR) is 80.5 cm³/mol. The normalized spacial score (nSPS) is 11.2. The van der Waals surface area contributed by atoms with Gasteiger partial charge >= 0.3 is 0 Å². The molecule has 116 valence electrons. The summed E-state index contributed by atoms with van der Waals surface area (Å²) in [7, 11) is -2.30. The number of hydrogen-bond donors (Lipinski definition) is 1. The van der Waals surface area contributed by atoms with E-state index < -0.39 is 10.0 Å². The van der Waals surface area contributed by atoms with Crippen molar-refractivity contribution < 1.29 is 17.9 Å². The van der Waals surface area contributed by atoms with Crippen LogP contribution in [0, 0.1) is 6.92 Å². The molecule has 0 aromatic heterocycles. The van der Waals surface area contributed by atoms with Crippen LogP contribution >= 0.6 is 0 Å². The minimum Gasteiger partial charge on any atom is -0.383 e. The van der Waals surface area contributed by atoms with Crippen molar-refractivity contribution in [2.75, 3.05) is 26.8 Å². The Hall–Kier alpha value is -1.70. The first-order valence-electron chi connectivity index (χ1n) is 6.33. The Bertz CT molecular complexity index is 626. The number of nitrogens with two attached hydrogens (primary N) is 1. The van der Waals surface area contributed by atoms with Crippen LogP contribution in [0.5, 0.6) is 0 Å². The van der Waals surface area contributed by atoms with E-state index in [1.54, 1.807) is 26.2 Å². The van der Waals surface area contributed by atoms with E-state index in [0.29, 0.717) is 30.8 Å². The average molecular weight is 312 g/mol. The third-order valence-electron chi connectivity index (χ3n) is 2.97. The number of hydrogen-bond acceptors (Lipinski definition) is 4. The number of sulfonamides is 1. The number of nitrogens with zero attached hydrogens (tertiary/aromatic N) is 1. The van der Waals surface area contributed by atoms with Crippen LogP contribution in [0.25, 0.3) is 0 Å². The molecule has 0 aliphatic rings. The summed E-state index contributed by atoms with van der Waals surface area (Å²) in [5.74, 6) is -0.282. The van der Waals surface area contributed by atoms with Crippen molar-refractivity contribution >= 4 is 15.9 Å². The standard InChI is InChI=1S/C14H20N2O4S/c1-4-7-16(8-9-20-3)14(17)13-10-12(21(15,18)19)6-5-11(13)2/h4-6,10H,1,7-9H2,2-3H3,(H2,15,18,19). The van der Waals surface area contributed by atoms with E-state index in [4.69, 9.17) is 9.88 Å². The number of carbonyl (C=O) groups excluding carboxylic acids is 1. The summed E-state index contributed by atoms with van der Waals surface area (Å²) in [6.45, 7) is 6.47. The van der Waals surface area contributed by atoms with Gasteiger partial charge in [0, 0.05) is 25.8 Å². The molecular weight excluding hydrogens is 292 g/mol. The Morgan fingerprint density at radius 1 is 1.48 bits per heavy atom. The quantitative estimate of drug-likeness (QED) is 0.758. The molecule has 1 aromatic rings. The number of rotatable bonds is 7. The van der Waals surface area contributed by atoms with Crippen LogP contribution in [0.15, 0.2) is 35.7 Å². The second-order valence-electron chi connectivity index (χ2n) is 4.55. The summed E-state index contributed by atoms with van der Waals surface area (Å²) in [6.07, 6.45) is 1.60. The average Bonchev–Trinajstić information content (AvgIpc) is 2.42. The molecule has 0 saturated carbocycles. The Kier molecular flexibility index (Phi) is 6.07. The van der Waals surface area contributed by atoms with Gasteiger partial charge in [-0.05, 0) is 24.6 Å². The highest BCUT2D eigenvalue weighted by atomic mass is 32.2. The zero-order valence-corrected chi connectivity index (χ0v) is 13.0. The van der Waals surface area contributed by atoms with Crippen LogP contribution < -0.4 is 5.14 Å². The van der Waals surface area contributed by atoms with Crippen molar-refractivity contribution in [3.63, 3.8) is 0 Å². The lowest BCUT2D eigenvalue weighted by Crippen LogP contribution is -2.34. The van der Waals surface area contributed by atoms with Gasteiger partial charge in [-0.25, -0.2) is 13.6 Å². The molecule has 1 rings (SSSR count). The van der Waals surface area contributed by atoms with Crippen LogP contribution in [-0.4, -0.2) is 46.0 Å². The monoisotopic (exact) mass is 312 g/mol. The molecule has 0 aliphatic carbocycles. The Morgan fingerprint density at radius 2 is 2.14 bits per heavy atom. The van der Waals surface area contributed by atoms with Crippen LogP contribution in [0.3, 0.4) is 0 Å². The van der Waals surface area contributed by atoms with Gasteiger partial charge in [-0.3, -0.25) is 4.79 Å². The van der Waals surface area contributed by atoms with Crippen LogP contribution in [0.1, 0.15) is 15.9 Å². The maximum atomic E-state index is 12.5. The van der Waals surface area contributed by atoms with E-state index in [1.165, 1.54) is 17.0 Å². The molecule has 0 saturated heterocycles. The van der Waals surface area contributed by atoms with E-state index in [9.17, 15) is 13.2 Å². The maximum Gasteiger partial charge on any atom is 0.254 e. The molecule has 0 atom stereocenters. The predicted octanol–water partition coefficient (Wildman–Crippen LogP) is 0.917. The van der Waals surface area contributed by atoms with Crippen LogP contribution in [0.2, 0.25) is 0 Å². The third-order valence-corrected chi connectivity index (χ3v) is 3.88. The molecule has 0 bridgehead atoms. The molecule has 0 radical (unpaired) electrons. The first-order chi connectivity index (χ1) is 9.81. The van der Waals surface area contributed by atoms with E-state index in [2.05, 4.69) is 6.58 Å². The molecule has 2 N–H and O–H groups in total. The first kappa shape index (κ1) is 17.4. The molecule has 7 heteroatoms. The van der Waals surface area contributed by atoms with Gasteiger partial charge in [0.15, 0.2) is 0 Å². The maximum absolute atomic E-state index is 12.5. The minimum absolute atomic E-state index is 0.0817. The van der Waals surface area contributed by atoms with Crippen LogP contribution in [0.4, 0.5) is 0 Å². The van der Waals surface area contributed by atoms with E-state index in [-0.39, 0.29) is 10.8 Å². The number of benzene rings is 1. The lowest BCUT2D eigenvalue weighted by molar-refractivity contribution is 0.0717. The van der Waals surface area contributed by atoms with Gasteiger partial charge in [0.2, 0.25) is 10.0 Å². The Morgan fingerprint density at radius 3 is 2.67 bits per heavy atom. The van der Waals surface area contributed by atoms with E-state index in [1.807, 2.05) is 0 Å². The van der Waals surface area contributed by atoms with Gasteiger partial charge in [-0.2, -0.15) is 0 Å². The fourth-order valence-electron chi connectivity index (χ4n) is 1.81. The zero-order chi connectivity index (χ0) is 16.0. The van der Waals surface area contributed by atoms with Gasteiger partial charge in [-0.15, -0.1) is 6.58 Å². The fraction of sp³-hybridized carbons (Fsp3) is 0.357. The van der Waals surface area contributed by atoms with Crippen molar-refractivity contribution in [3.8, 4) is 0 Å². The zero-order valence-electron chi connectivity index (χ0n) is 12.2. The minimum atomic E-state index is -3.85. The molecule has 0 aliphatic heterocycles. The highest BCUT2D eigenvalue weighted by Crippen LogP contribution is 2.16. The second-order valence-corrected chi connectivity index (χ2v) is 6.12. The lowest BCUT2D eigenvalue weighted by atomic mass is 10.1. The van der Waals surface area contributed by atoms with Gasteiger partial charge in [0.1, 0.15) is 0 Å². The van der Waals surface area contributed by atoms with Gasteiger partial charge in [0.25, 0.3) is 5.91 Å². The summed E-state index contributed by atoms with van der Waals surface area (Å²) in [5, 5.41) is 5.10. The topological polar surface area (TPSA) is 89.7 Å². The molecule has 21 heavy (non-hydrogen) atoms. The molecule has 1 aromatic carbocycles. The molecule has 0 heterocycles. The first-order valence-corrected chi connectivity index (χ1v) is 7.88. The highest BCUT2D eigenvalue weighted by molar-refractivity contribution is 7.89. The molecule has 1 amide bonds. The third kappa shape index (κ3) is 4.66. The summed E-state index contributed by atoms with van der Waals surface area (Å²) >= 11 is 0. The van der Waals surface area contributed by atoms with E-state index >= 15 is 0 Å². The van der Waals surface area contributed by atoms with Gasteiger partial charge in [0.05, 0.1) is 11.5 Å². The van der Waals surface area contributed by atoms with Crippen molar-refractivity contribution in [1.82, 2.24) is 4.90 Å². The Balaban J connectivity index is 3.17. The van der Waals surface area contributed by atoms with Crippen molar-refractivity contribution in [3.05, 3.63) is 42.0 Å². The number of aryl methyl sites for hydroxylation is 1. The SMILES string of the molecule is C=CCN(CCOC)C(=O)c1cc(S(N)(=O)=O)ccc1C. The molecule has 6 nitrogen and oxygen atoms in total. The molecule has 0 spiro atoms. The largest absolute Gasteiger partial charge is 0.383 e. The van der Waals surface area contributed by atoms with Crippen molar-refractivity contribution in [1.29, 1.82) is 0 Å². The molecule has 0 fully saturated rings. The molecule has 0 unspecified atom stereocenters. The fourth-order valence-corrected chi connectivity index (χ4v) is 2.35. The summed E-state index contributed by atoms with van der Waals surface area (Å²) in [4.78, 5) is 14.0. The lowest BCUT2D eigenvalue weighted by Gasteiger charge is -2.22. The summed E-state index contributed by atoms with van der Waals surface area (Å²) in [6, 6.07) is 4.25. The highest BCUT2D eigenvalue weighted by Gasteiger charge is 2.19. The number of primary sulfonamides is 1. The number of ether oxygens (including phenoxy) is 1. The van der Waals surface area contributed by atoms with Crippen molar-refractivity contribution in [2.45, 2.75) is 11.8 Å². The second kappa shape index (κ2) is 7.35. The number of carbonyl (C=O) groups is 1. The smallest absolute Gasteiger partial charge is 0.254 e. The van der Waals surface area contributed by atoms with E-state index in [0.717, 1.165) is 0 Å². The molecular formula is C14H20N2O4S. The summed E-state index contributed by atoms with van der Waals surface area (Å²) < 4.78 is 27.8. The van der Waals surface area contributed by atoms with Crippen molar-refractivity contribution in [2.24, 2.45) is 5.14 Å². The van der Waals surface area contributed by atoms with Gasteiger partial charge in [-0.1, -0.05) is 12.1 Å². The summed E-state index contributed by atoms with van der Waals surface area (Å²) in [5.41, 5.74) is 0.985. The number of amides is 1.